The Morgan fingerprint density at radius 1 is 0.418 bits per heavy atom. The van der Waals surface area contributed by atoms with Gasteiger partial charge in [-0.15, -0.1) is 0 Å². The highest BCUT2D eigenvalue weighted by atomic mass is 15.2. The molecule has 0 fully saturated rings. The Labute approximate surface area is 463 Å². The molecule has 2 heterocycles. The molecule has 0 saturated carbocycles. The van der Waals surface area contributed by atoms with Crippen LogP contribution in [0, 0.1) is 5.92 Å². The topological polar surface area (TPSA) is 8.17 Å². The minimum atomic E-state index is -0.150. The van der Waals surface area contributed by atoms with E-state index in [1.54, 1.807) is 0 Å². The summed E-state index contributed by atoms with van der Waals surface area (Å²) in [5, 5.41) is 5.05. The van der Waals surface area contributed by atoms with Gasteiger partial charge in [-0.2, -0.15) is 0 Å². The molecule has 0 saturated heterocycles. The van der Waals surface area contributed by atoms with E-state index < -0.39 is 0 Å². The Balaban J connectivity index is 1.00. The number of fused-ring (bicyclic) bond motifs is 9. The fraction of sp³-hybridized carbons (Fsp3) is 0.117. The third-order valence-corrected chi connectivity index (χ3v) is 18.3. The Hall–Kier alpha value is -9.24. The van der Waals surface area contributed by atoms with Crippen molar-refractivity contribution in [1.29, 1.82) is 0 Å². The fourth-order valence-electron chi connectivity index (χ4n) is 14.8. The first-order valence-corrected chi connectivity index (χ1v) is 28.5. The molecule has 0 amide bonds. The van der Waals surface area contributed by atoms with Gasteiger partial charge in [-0.25, -0.2) is 0 Å². The predicted octanol–water partition coefficient (Wildman–Crippen LogP) is 19.2. The molecule has 11 aromatic rings. The molecule has 2 nitrogen and oxygen atoms in total. The zero-order valence-electron chi connectivity index (χ0n) is 44.2. The van der Waals surface area contributed by atoms with E-state index in [2.05, 4.69) is 276 Å². The molecule has 2 heteroatoms. The highest BCUT2D eigenvalue weighted by Crippen LogP contribution is 2.57. The molecule has 16 rings (SSSR count). The lowest BCUT2D eigenvalue weighted by Crippen LogP contribution is -2.35. The standard InChI is InChI=1S/C77H58N2/c1-5-20-52(21-6-1)71-41-42-72(53-22-7-2-8-23-53)78(71)61-37-40-66-67(47-61)75(57-34-33-51-19-13-14-28-56(51)45-57)65-39-36-62(79-73(54-24-9-3-10-25-54)43-44-74(79)55-26-11-4-12-27-55)48-68(65)76(66)58-35-38-64-63-31-17-18-32-69(63)77(70(64)46-58)49-59-29-15-16-30-60(59)50-77/h1-13,15-26,29-43,45-48,55,74H,14,27-28,44,49-50H2. The third kappa shape index (κ3) is 7.38. The minimum absolute atomic E-state index is 0.150. The first-order chi connectivity index (χ1) is 39.1. The molecule has 79 heavy (non-hydrogen) atoms. The summed E-state index contributed by atoms with van der Waals surface area (Å²) in [7, 11) is 0. The molecule has 0 N–H and O–H groups in total. The summed E-state index contributed by atoms with van der Waals surface area (Å²) >= 11 is 0. The summed E-state index contributed by atoms with van der Waals surface area (Å²) < 4.78 is 2.49. The maximum Gasteiger partial charge on any atom is 0.0535 e. The van der Waals surface area contributed by atoms with Crippen LogP contribution in [0.1, 0.15) is 58.2 Å². The van der Waals surface area contributed by atoms with Gasteiger partial charge in [0.25, 0.3) is 0 Å². The number of hydrogen-bond acceptors (Lipinski definition) is 1. The van der Waals surface area contributed by atoms with E-state index in [0.717, 1.165) is 44.2 Å². The van der Waals surface area contributed by atoms with Crippen molar-refractivity contribution in [2.24, 2.45) is 5.92 Å². The monoisotopic (exact) mass is 1010 g/mol. The van der Waals surface area contributed by atoms with Gasteiger partial charge in [-0.3, -0.25) is 0 Å². The zero-order chi connectivity index (χ0) is 52.0. The SMILES string of the molecule is C1=CCC(C2CC=C(c3ccccc3)N2c2ccc3c(-c4ccc5c(c4)CCC=C5)c4cc(-n5c(-c6ccccc6)ccc5-c5ccccc5)ccc4c(-c4ccc5c(c4)C4(Cc6ccccc6C4)c4ccccc4-5)c3c2)C=C1. The molecular formula is C77H58N2. The maximum atomic E-state index is 2.69. The number of hydrogen-bond donors (Lipinski definition) is 0. The van der Waals surface area contributed by atoms with Crippen LogP contribution in [0.4, 0.5) is 5.69 Å². The number of aryl methyl sites for hydroxylation is 1. The summed E-state index contributed by atoms with van der Waals surface area (Å²) in [6, 6.07) is 85.9. The molecular weight excluding hydrogens is 953 g/mol. The maximum absolute atomic E-state index is 2.69. The summed E-state index contributed by atoms with van der Waals surface area (Å²) in [5.41, 5.74) is 25.9. The molecule has 1 spiro atoms. The summed E-state index contributed by atoms with van der Waals surface area (Å²) in [5.74, 6) is 0.382. The average Bonchev–Trinajstić information content (AvgIpc) is 4.24. The average molecular weight is 1010 g/mol. The predicted molar refractivity (Wildman–Crippen MR) is 332 cm³/mol. The molecule has 10 aromatic carbocycles. The lowest BCUT2D eigenvalue weighted by atomic mass is 9.75. The molecule has 1 aliphatic heterocycles. The molecule has 5 aliphatic rings. The van der Waals surface area contributed by atoms with E-state index in [4.69, 9.17) is 0 Å². The van der Waals surface area contributed by atoms with Crippen LogP contribution in [-0.2, 0) is 24.7 Å². The van der Waals surface area contributed by atoms with Crippen LogP contribution in [0.2, 0.25) is 0 Å². The van der Waals surface area contributed by atoms with Crippen molar-refractivity contribution in [3.05, 3.63) is 300 Å². The van der Waals surface area contributed by atoms with Crippen molar-refractivity contribution in [1.82, 2.24) is 4.57 Å². The van der Waals surface area contributed by atoms with Crippen molar-refractivity contribution in [2.45, 2.75) is 50.0 Å². The van der Waals surface area contributed by atoms with Gasteiger partial charge in [0.2, 0.25) is 0 Å². The first kappa shape index (κ1) is 45.9. The van der Waals surface area contributed by atoms with Crippen LogP contribution in [-0.4, -0.2) is 10.6 Å². The van der Waals surface area contributed by atoms with Gasteiger partial charge >= 0.3 is 0 Å². The smallest absolute Gasteiger partial charge is 0.0535 e. The van der Waals surface area contributed by atoms with Gasteiger partial charge in [0, 0.05) is 34.4 Å². The Morgan fingerprint density at radius 3 is 1.72 bits per heavy atom. The van der Waals surface area contributed by atoms with Crippen molar-refractivity contribution in [3.8, 4) is 61.6 Å². The molecule has 1 aromatic heterocycles. The van der Waals surface area contributed by atoms with E-state index in [1.807, 2.05) is 0 Å². The van der Waals surface area contributed by atoms with Crippen LogP contribution in [0.15, 0.2) is 261 Å². The second kappa shape index (κ2) is 18.5. The Bertz CT molecular complexity index is 4290. The van der Waals surface area contributed by atoms with Crippen LogP contribution >= 0.6 is 0 Å². The van der Waals surface area contributed by atoms with Crippen LogP contribution in [0.5, 0.6) is 0 Å². The minimum Gasteiger partial charge on any atom is -0.337 e. The van der Waals surface area contributed by atoms with Gasteiger partial charge in [-0.1, -0.05) is 225 Å². The molecule has 4 aliphatic carbocycles. The first-order valence-electron chi connectivity index (χ1n) is 28.5. The van der Waals surface area contributed by atoms with E-state index >= 15 is 0 Å². The molecule has 0 radical (unpaired) electrons. The molecule has 376 valence electrons. The van der Waals surface area contributed by atoms with Crippen LogP contribution in [0.25, 0.3) is 94.9 Å². The van der Waals surface area contributed by atoms with Gasteiger partial charge in [0.15, 0.2) is 0 Å². The van der Waals surface area contributed by atoms with Gasteiger partial charge < -0.3 is 9.47 Å². The quantitative estimate of drug-likeness (QED) is 0.138. The van der Waals surface area contributed by atoms with E-state index in [0.29, 0.717) is 5.92 Å². The van der Waals surface area contributed by atoms with Crippen molar-refractivity contribution < 1.29 is 0 Å². The number of benzene rings is 10. The zero-order valence-corrected chi connectivity index (χ0v) is 44.2. The lowest BCUT2D eigenvalue weighted by molar-refractivity contribution is 0.514. The van der Waals surface area contributed by atoms with Gasteiger partial charge in [0.1, 0.15) is 0 Å². The second-order valence-electron chi connectivity index (χ2n) is 22.6. The third-order valence-electron chi connectivity index (χ3n) is 18.3. The summed E-state index contributed by atoms with van der Waals surface area (Å²) in [6.45, 7) is 0. The lowest BCUT2D eigenvalue weighted by Gasteiger charge is -2.35. The van der Waals surface area contributed by atoms with E-state index in [-0.39, 0.29) is 11.5 Å². The Morgan fingerprint density at radius 2 is 1.03 bits per heavy atom. The van der Waals surface area contributed by atoms with E-state index in [1.165, 1.54) is 128 Å². The van der Waals surface area contributed by atoms with Crippen LogP contribution in [0.3, 0.4) is 0 Å². The van der Waals surface area contributed by atoms with Crippen molar-refractivity contribution >= 4 is 39.0 Å². The highest BCUT2D eigenvalue weighted by molar-refractivity contribution is 6.22. The van der Waals surface area contributed by atoms with E-state index in [9.17, 15) is 0 Å². The molecule has 0 bridgehead atoms. The highest BCUT2D eigenvalue weighted by Gasteiger charge is 2.47. The number of aromatic nitrogens is 1. The van der Waals surface area contributed by atoms with Crippen molar-refractivity contribution in [2.75, 3.05) is 4.90 Å². The summed E-state index contributed by atoms with van der Waals surface area (Å²) in [6.07, 6.45) is 22.5. The number of rotatable bonds is 8. The normalized spacial score (nSPS) is 17.3. The van der Waals surface area contributed by atoms with Crippen LogP contribution < -0.4 is 4.90 Å². The number of allylic oxidation sites excluding steroid dienone is 4. The van der Waals surface area contributed by atoms with Crippen molar-refractivity contribution in [3.63, 3.8) is 0 Å². The van der Waals surface area contributed by atoms with Gasteiger partial charge in [-0.05, 0) is 186 Å². The largest absolute Gasteiger partial charge is 0.337 e. The second-order valence-corrected chi connectivity index (χ2v) is 22.6. The fourth-order valence-corrected chi connectivity index (χ4v) is 14.8. The van der Waals surface area contributed by atoms with Gasteiger partial charge in [0.05, 0.1) is 11.4 Å². The molecule has 2 unspecified atom stereocenters. The summed E-state index contributed by atoms with van der Waals surface area (Å²) in [4.78, 5) is 2.69. The number of anilines is 1. The molecule has 2 atom stereocenters. The number of nitrogens with zero attached hydrogens (tertiary/aromatic N) is 2. The Kier molecular flexibility index (Phi) is 10.7.